The number of amides is 1. The van der Waals surface area contributed by atoms with Crippen molar-refractivity contribution >= 4 is 11.6 Å². The Hall–Kier alpha value is -2.74. The van der Waals surface area contributed by atoms with Crippen LogP contribution in [0, 0.1) is 17.1 Å². The molecule has 5 heteroatoms. The van der Waals surface area contributed by atoms with Gasteiger partial charge in [0.2, 0.25) is 0 Å². The third kappa shape index (κ3) is 2.33. The van der Waals surface area contributed by atoms with Gasteiger partial charge in [0.1, 0.15) is 11.9 Å². The van der Waals surface area contributed by atoms with Crippen molar-refractivity contribution in [2.75, 3.05) is 5.32 Å². The smallest absolute Gasteiger partial charge is 0.258 e. The zero-order valence-electron chi connectivity index (χ0n) is 9.22. The number of benzene rings is 1. The Morgan fingerprint density at radius 3 is 2.83 bits per heavy atom. The Labute approximate surface area is 103 Å². The van der Waals surface area contributed by atoms with Gasteiger partial charge in [0.15, 0.2) is 0 Å². The number of carbonyl (C=O) groups excluding carboxylic acids is 1. The number of hydrogen-bond donors (Lipinski definition) is 1. The van der Waals surface area contributed by atoms with Crippen molar-refractivity contribution in [2.45, 2.75) is 0 Å². The summed E-state index contributed by atoms with van der Waals surface area (Å²) in [5, 5.41) is 11.3. The van der Waals surface area contributed by atoms with E-state index in [-0.39, 0.29) is 16.8 Å². The molecule has 0 saturated heterocycles. The third-order valence-corrected chi connectivity index (χ3v) is 2.31. The molecule has 2 aromatic rings. The molecule has 1 heterocycles. The number of anilines is 1. The number of aromatic nitrogens is 1. The van der Waals surface area contributed by atoms with Gasteiger partial charge in [0, 0.05) is 12.4 Å². The number of pyridine rings is 1. The first-order valence-electron chi connectivity index (χ1n) is 5.12. The van der Waals surface area contributed by atoms with Crippen molar-refractivity contribution in [3.8, 4) is 6.07 Å². The molecule has 0 aliphatic heterocycles. The fourth-order valence-electron chi connectivity index (χ4n) is 1.43. The van der Waals surface area contributed by atoms with Crippen LogP contribution in [-0.4, -0.2) is 10.9 Å². The lowest BCUT2D eigenvalue weighted by Crippen LogP contribution is -2.14. The van der Waals surface area contributed by atoms with Crippen LogP contribution in [-0.2, 0) is 0 Å². The number of nitrogens with zero attached hydrogens (tertiary/aromatic N) is 2. The summed E-state index contributed by atoms with van der Waals surface area (Å²) < 4.78 is 13.4. The van der Waals surface area contributed by atoms with Gasteiger partial charge < -0.3 is 5.32 Å². The highest BCUT2D eigenvalue weighted by molar-refractivity contribution is 6.05. The second kappa shape index (κ2) is 5.06. The van der Waals surface area contributed by atoms with Crippen molar-refractivity contribution in [1.82, 2.24) is 4.98 Å². The van der Waals surface area contributed by atoms with E-state index < -0.39 is 11.7 Å². The average molecular weight is 241 g/mol. The normalized spacial score (nSPS) is 9.56. The topological polar surface area (TPSA) is 65.8 Å². The molecule has 4 nitrogen and oxygen atoms in total. The summed E-state index contributed by atoms with van der Waals surface area (Å²) in [6.45, 7) is 0. The van der Waals surface area contributed by atoms with E-state index >= 15 is 0 Å². The second-order valence-corrected chi connectivity index (χ2v) is 3.47. The maximum Gasteiger partial charge on any atom is 0.258 e. The lowest BCUT2D eigenvalue weighted by molar-refractivity contribution is 0.102. The van der Waals surface area contributed by atoms with Gasteiger partial charge >= 0.3 is 0 Å². The third-order valence-electron chi connectivity index (χ3n) is 2.31. The molecule has 1 N–H and O–H groups in total. The van der Waals surface area contributed by atoms with E-state index in [1.807, 2.05) is 6.07 Å². The largest absolute Gasteiger partial charge is 0.319 e. The predicted molar refractivity (Wildman–Crippen MR) is 63.3 cm³/mol. The van der Waals surface area contributed by atoms with E-state index in [2.05, 4.69) is 10.3 Å². The number of rotatable bonds is 2. The van der Waals surface area contributed by atoms with Crippen molar-refractivity contribution in [2.24, 2.45) is 0 Å². The first-order chi connectivity index (χ1) is 8.72. The summed E-state index contributed by atoms with van der Waals surface area (Å²) in [5.41, 5.74) is 0.373. The number of nitrogens with one attached hydrogen (secondary N) is 1. The van der Waals surface area contributed by atoms with Crippen molar-refractivity contribution in [3.05, 3.63) is 59.7 Å². The van der Waals surface area contributed by atoms with Crippen LogP contribution in [0.1, 0.15) is 15.9 Å². The molecule has 0 spiro atoms. The Balaban J connectivity index is 2.29. The van der Waals surface area contributed by atoms with E-state index in [4.69, 9.17) is 5.26 Å². The quantitative estimate of drug-likeness (QED) is 0.877. The van der Waals surface area contributed by atoms with Crippen LogP contribution in [0.25, 0.3) is 0 Å². The first kappa shape index (κ1) is 11.7. The van der Waals surface area contributed by atoms with Gasteiger partial charge in [0.25, 0.3) is 5.91 Å². The number of para-hydroxylation sites is 1. The zero-order chi connectivity index (χ0) is 13.0. The highest BCUT2D eigenvalue weighted by Gasteiger charge is 2.12. The highest BCUT2D eigenvalue weighted by Crippen LogP contribution is 2.15. The lowest BCUT2D eigenvalue weighted by atomic mass is 10.1. The molecule has 0 radical (unpaired) electrons. The van der Waals surface area contributed by atoms with E-state index in [1.165, 1.54) is 36.7 Å². The monoisotopic (exact) mass is 241 g/mol. The Morgan fingerprint density at radius 1 is 1.33 bits per heavy atom. The maximum atomic E-state index is 13.4. The Kier molecular flexibility index (Phi) is 3.30. The van der Waals surface area contributed by atoms with Gasteiger partial charge in [-0.1, -0.05) is 12.1 Å². The number of halogens is 1. The van der Waals surface area contributed by atoms with Crippen LogP contribution in [0.2, 0.25) is 0 Å². The van der Waals surface area contributed by atoms with Crippen molar-refractivity contribution in [1.29, 1.82) is 5.26 Å². The molecule has 1 aromatic heterocycles. The van der Waals surface area contributed by atoms with Gasteiger partial charge in [-0.3, -0.25) is 9.78 Å². The summed E-state index contributed by atoms with van der Waals surface area (Å²) in [7, 11) is 0. The summed E-state index contributed by atoms with van der Waals surface area (Å²) in [4.78, 5) is 15.6. The summed E-state index contributed by atoms with van der Waals surface area (Å²) in [5.74, 6) is -1.10. The molecule has 1 amide bonds. The second-order valence-electron chi connectivity index (χ2n) is 3.47. The summed E-state index contributed by atoms with van der Waals surface area (Å²) >= 11 is 0. The molecule has 0 fully saturated rings. The molecule has 2 rings (SSSR count). The van der Waals surface area contributed by atoms with Crippen molar-refractivity contribution < 1.29 is 9.18 Å². The van der Waals surface area contributed by atoms with Crippen LogP contribution in [0.5, 0.6) is 0 Å². The molecular weight excluding hydrogens is 233 g/mol. The molecule has 0 atom stereocenters. The summed E-state index contributed by atoms with van der Waals surface area (Å²) in [6.07, 6.45) is 2.69. The molecule has 0 bridgehead atoms. The van der Waals surface area contributed by atoms with Crippen LogP contribution < -0.4 is 5.32 Å². The van der Waals surface area contributed by atoms with Gasteiger partial charge in [0.05, 0.1) is 16.8 Å². The molecule has 0 saturated carbocycles. The average Bonchev–Trinajstić information content (AvgIpc) is 2.41. The molecular formula is C13H8FN3O. The maximum absolute atomic E-state index is 13.4. The molecule has 0 aliphatic rings. The van der Waals surface area contributed by atoms with E-state index in [0.717, 1.165) is 0 Å². The lowest BCUT2D eigenvalue weighted by Gasteiger charge is -2.06. The van der Waals surface area contributed by atoms with Gasteiger partial charge in [-0.15, -0.1) is 0 Å². The zero-order valence-corrected chi connectivity index (χ0v) is 9.22. The minimum absolute atomic E-state index is 0.0650. The fraction of sp³-hybridized carbons (Fsp3) is 0. The highest BCUT2D eigenvalue weighted by atomic mass is 19.1. The van der Waals surface area contributed by atoms with Crippen LogP contribution in [0.4, 0.5) is 10.1 Å². The molecule has 0 aliphatic carbocycles. The minimum Gasteiger partial charge on any atom is -0.319 e. The van der Waals surface area contributed by atoms with Crippen LogP contribution in [0.15, 0.2) is 42.7 Å². The predicted octanol–water partition coefficient (Wildman–Crippen LogP) is 2.34. The van der Waals surface area contributed by atoms with Crippen LogP contribution in [0.3, 0.4) is 0 Å². The Morgan fingerprint density at radius 2 is 2.11 bits per heavy atom. The molecule has 18 heavy (non-hydrogen) atoms. The molecule has 88 valence electrons. The first-order valence-corrected chi connectivity index (χ1v) is 5.12. The van der Waals surface area contributed by atoms with Crippen molar-refractivity contribution in [3.63, 3.8) is 0 Å². The van der Waals surface area contributed by atoms with Crippen LogP contribution >= 0.6 is 0 Å². The number of carbonyl (C=O) groups is 1. The summed E-state index contributed by atoms with van der Waals surface area (Å²) in [6, 6.07) is 9.12. The number of hydrogen-bond acceptors (Lipinski definition) is 3. The van der Waals surface area contributed by atoms with E-state index in [1.54, 1.807) is 6.07 Å². The van der Waals surface area contributed by atoms with Gasteiger partial charge in [-0.05, 0) is 18.2 Å². The minimum atomic E-state index is -0.565. The standard InChI is InChI=1S/C13H8FN3O/c14-11-3-1-2-4-12(11)17-13(18)10-8-16-6-5-9(10)7-15/h1-6,8H,(H,17,18). The Bertz CT molecular complexity index is 634. The number of nitriles is 1. The van der Waals surface area contributed by atoms with Gasteiger partial charge in [-0.25, -0.2) is 4.39 Å². The van der Waals surface area contributed by atoms with E-state index in [9.17, 15) is 9.18 Å². The molecule has 1 aromatic carbocycles. The SMILES string of the molecule is N#Cc1ccncc1C(=O)Nc1ccccc1F. The van der Waals surface area contributed by atoms with E-state index in [0.29, 0.717) is 0 Å². The fourth-order valence-corrected chi connectivity index (χ4v) is 1.43. The van der Waals surface area contributed by atoms with Gasteiger partial charge in [-0.2, -0.15) is 5.26 Å². The molecule has 0 unspecified atom stereocenters.